The number of alkyl halides is 3. The molecule has 0 aliphatic carbocycles. The molecule has 1 heterocycles. The molecule has 0 atom stereocenters. The molecule has 88 valence electrons. The summed E-state index contributed by atoms with van der Waals surface area (Å²) in [4.78, 5) is 10.6. The number of rotatable bonds is 2. The summed E-state index contributed by atoms with van der Waals surface area (Å²) in [6, 6.07) is 0. The van der Waals surface area contributed by atoms with E-state index in [9.17, 15) is 18.0 Å². The number of carbonyl (C=O) groups is 1. The molecule has 1 saturated heterocycles. The summed E-state index contributed by atoms with van der Waals surface area (Å²) < 4.78 is 40.8. The number of nitrogens with one attached hydrogen (secondary N) is 1. The SMILES string of the molecule is CC1(CNC(=O)C(F)(F)F)CCOCC1. The van der Waals surface area contributed by atoms with Gasteiger partial charge in [-0.3, -0.25) is 4.79 Å². The molecule has 0 bridgehead atoms. The molecule has 0 aromatic carbocycles. The van der Waals surface area contributed by atoms with Crippen LogP contribution in [-0.4, -0.2) is 31.8 Å². The Morgan fingerprint density at radius 3 is 2.40 bits per heavy atom. The minimum atomic E-state index is -4.79. The predicted octanol–water partition coefficient (Wildman–Crippen LogP) is 1.48. The van der Waals surface area contributed by atoms with Crippen LogP contribution in [0.3, 0.4) is 0 Å². The van der Waals surface area contributed by atoms with Crippen molar-refractivity contribution in [2.75, 3.05) is 19.8 Å². The van der Waals surface area contributed by atoms with Gasteiger partial charge in [0.2, 0.25) is 0 Å². The average molecular weight is 225 g/mol. The summed E-state index contributed by atoms with van der Waals surface area (Å²) in [7, 11) is 0. The van der Waals surface area contributed by atoms with E-state index in [0.29, 0.717) is 26.1 Å². The summed E-state index contributed by atoms with van der Waals surface area (Å²) in [6.45, 7) is 2.98. The maximum atomic E-state index is 11.9. The Morgan fingerprint density at radius 2 is 1.93 bits per heavy atom. The Labute approximate surface area is 86.0 Å². The Bertz CT molecular complexity index is 234. The van der Waals surface area contributed by atoms with E-state index in [4.69, 9.17) is 4.74 Å². The number of amides is 1. The summed E-state index contributed by atoms with van der Waals surface area (Å²) in [5.74, 6) is -1.87. The van der Waals surface area contributed by atoms with Crippen LogP contribution in [0.1, 0.15) is 19.8 Å². The molecule has 6 heteroatoms. The topological polar surface area (TPSA) is 38.3 Å². The molecule has 1 N–H and O–H groups in total. The zero-order valence-electron chi connectivity index (χ0n) is 8.49. The van der Waals surface area contributed by atoms with Gasteiger partial charge in [0.1, 0.15) is 0 Å². The van der Waals surface area contributed by atoms with Crippen LogP contribution < -0.4 is 5.32 Å². The summed E-state index contributed by atoms with van der Waals surface area (Å²) in [5, 5.41) is 1.91. The highest BCUT2D eigenvalue weighted by atomic mass is 19.4. The van der Waals surface area contributed by atoms with E-state index >= 15 is 0 Å². The normalized spacial score (nSPS) is 21.1. The standard InChI is InChI=1S/C9H14F3NO2/c1-8(2-4-15-5-3-8)6-13-7(14)9(10,11)12/h2-6H2,1H3,(H,13,14). The van der Waals surface area contributed by atoms with Gasteiger partial charge in [0.05, 0.1) is 0 Å². The molecule has 1 aliphatic rings. The zero-order chi connectivity index (χ0) is 11.5. The smallest absolute Gasteiger partial charge is 0.381 e. The molecule has 1 rings (SSSR count). The molecule has 0 saturated carbocycles. The highest BCUT2D eigenvalue weighted by Crippen LogP contribution is 2.29. The second kappa shape index (κ2) is 4.38. The van der Waals surface area contributed by atoms with Gasteiger partial charge in [-0.2, -0.15) is 13.2 Å². The molecule has 1 aliphatic heterocycles. The summed E-state index contributed by atoms with van der Waals surface area (Å²) in [6.07, 6.45) is -3.45. The predicted molar refractivity (Wildman–Crippen MR) is 47.2 cm³/mol. The van der Waals surface area contributed by atoms with E-state index in [1.54, 1.807) is 0 Å². The first-order chi connectivity index (χ1) is 6.83. The second-order valence-corrected chi connectivity index (χ2v) is 4.10. The summed E-state index contributed by atoms with van der Waals surface area (Å²) >= 11 is 0. The Balaban J connectivity index is 2.38. The van der Waals surface area contributed by atoms with Crippen molar-refractivity contribution in [2.24, 2.45) is 5.41 Å². The van der Waals surface area contributed by atoms with Crippen molar-refractivity contribution in [3.63, 3.8) is 0 Å². The van der Waals surface area contributed by atoms with Crippen molar-refractivity contribution in [3.05, 3.63) is 0 Å². The molecule has 0 unspecified atom stereocenters. The monoisotopic (exact) mass is 225 g/mol. The third kappa shape index (κ3) is 3.70. The molecule has 15 heavy (non-hydrogen) atoms. The van der Waals surface area contributed by atoms with Crippen molar-refractivity contribution in [2.45, 2.75) is 25.9 Å². The fourth-order valence-electron chi connectivity index (χ4n) is 1.43. The first-order valence-electron chi connectivity index (χ1n) is 4.76. The average Bonchev–Trinajstić information content (AvgIpc) is 2.14. The van der Waals surface area contributed by atoms with Crippen LogP contribution in [0.5, 0.6) is 0 Å². The van der Waals surface area contributed by atoms with E-state index < -0.39 is 12.1 Å². The van der Waals surface area contributed by atoms with E-state index in [1.165, 1.54) is 0 Å². The second-order valence-electron chi connectivity index (χ2n) is 4.10. The van der Waals surface area contributed by atoms with Crippen LogP contribution in [-0.2, 0) is 9.53 Å². The maximum absolute atomic E-state index is 11.9. The van der Waals surface area contributed by atoms with Gasteiger partial charge >= 0.3 is 12.1 Å². The zero-order valence-corrected chi connectivity index (χ0v) is 8.49. The summed E-state index contributed by atoms with van der Waals surface area (Å²) in [5.41, 5.74) is -0.279. The van der Waals surface area contributed by atoms with Crippen LogP contribution >= 0.6 is 0 Å². The Hall–Kier alpha value is -0.780. The fourth-order valence-corrected chi connectivity index (χ4v) is 1.43. The van der Waals surface area contributed by atoms with Crippen molar-refractivity contribution in [1.82, 2.24) is 5.32 Å². The molecule has 0 aromatic heterocycles. The van der Waals surface area contributed by atoms with E-state index in [-0.39, 0.29) is 12.0 Å². The van der Waals surface area contributed by atoms with E-state index in [0.717, 1.165) is 0 Å². The lowest BCUT2D eigenvalue weighted by Gasteiger charge is -2.33. The van der Waals surface area contributed by atoms with Gasteiger partial charge in [-0.25, -0.2) is 0 Å². The third-order valence-corrected chi connectivity index (χ3v) is 2.63. The highest BCUT2D eigenvalue weighted by Gasteiger charge is 2.39. The van der Waals surface area contributed by atoms with Gasteiger partial charge < -0.3 is 10.1 Å². The van der Waals surface area contributed by atoms with Crippen LogP contribution in [0.4, 0.5) is 13.2 Å². The van der Waals surface area contributed by atoms with Crippen molar-refractivity contribution in [3.8, 4) is 0 Å². The first-order valence-corrected chi connectivity index (χ1v) is 4.76. The molecule has 0 radical (unpaired) electrons. The Kier molecular flexibility index (Phi) is 3.59. The quantitative estimate of drug-likeness (QED) is 0.773. The van der Waals surface area contributed by atoms with Crippen LogP contribution in [0.25, 0.3) is 0 Å². The van der Waals surface area contributed by atoms with Crippen molar-refractivity contribution < 1.29 is 22.7 Å². The fraction of sp³-hybridized carbons (Fsp3) is 0.889. The van der Waals surface area contributed by atoms with Gasteiger partial charge in [-0.15, -0.1) is 0 Å². The molecular formula is C9H14F3NO2. The molecule has 0 spiro atoms. The van der Waals surface area contributed by atoms with Gasteiger partial charge in [0.15, 0.2) is 0 Å². The van der Waals surface area contributed by atoms with Gasteiger partial charge in [-0.05, 0) is 18.3 Å². The van der Waals surface area contributed by atoms with E-state index in [2.05, 4.69) is 0 Å². The van der Waals surface area contributed by atoms with Gasteiger partial charge in [0, 0.05) is 19.8 Å². The van der Waals surface area contributed by atoms with Gasteiger partial charge in [-0.1, -0.05) is 6.92 Å². The van der Waals surface area contributed by atoms with Crippen molar-refractivity contribution >= 4 is 5.91 Å². The highest BCUT2D eigenvalue weighted by molar-refractivity contribution is 5.81. The number of halogens is 3. The molecule has 1 fully saturated rings. The van der Waals surface area contributed by atoms with Crippen molar-refractivity contribution in [1.29, 1.82) is 0 Å². The van der Waals surface area contributed by atoms with Crippen LogP contribution in [0.15, 0.2) is 0 Å². The molecule has 1 amide bonds. The van der Waals surface area contributed by atoms with Crippen LogP contribution in [0.2, 0.25) is 0 Å². The third-order valence-electron chi connectivity index (χ3n) is 2.63. The maximum Gasteiger partial charge on any atom is 0.471 e. The van der Waals surface area contributed by atoms with Crippen LogP contribution in [0, 0.1) is 5.41 Å². The number of ether oxygens (including phenoxy) is 1. The minimum Gasteiger partial charge on any atom is -0.381 e. The number of hydrogen-bond donors (Lipinski definition) is 1. The minimum absolute atomic E-state index is 0.0503. The molecule has 3 nitrogen and oxygen atoms in total. The van der Waals surface area contributed by atoms with Gasteiger partial charge in [0.25, 0.3) is 0 Å². The lowest BCUT2D eigenvalue weighted by molar-refractivity contribution is -0.174. The molecule has 0 aromatic rings. The lowest BCUT2D eigenvalue weighted by Crippen LogP contribution is -2.44. The van der Waals surface area contributed by atoms with E-state index in [1.807, 2.05) is 12.2 Å². The first kappa shape index (κ1) is 12.3. The number of hydrogen-bond acceptors (Lipinski definition) is 2. The Morgan fingerprint density at radius 1 is 1.40 bits per heavy atom. The number of carbonyl (C=O) groups excluding carboxylic acids is 1. The lowest BCUT2D eigenvalue weighted by atomic mass is 9.82. The largest absolute Gasteiger partial charge is 0.471 e. The molecular weight excluding hydrogens is 211 g/mol.